The summed E-state index contributed by atoms with van der Waals surface area (Å²) in [6.07, 6.45) is 9.81. The molecule has 10 nitrogen and oxygen atoms in total. The Morgan fingerprint density at radius 2 is 1.69 bits per heavy atom. The van der Waals surface area contributed by atoms with Crippen molar-refractivity contribution in [2.75, 3.05) is 58.3 Å². The number of hydrogen-bond donors (Lipinski definition) is 3. The molecule has 0 radical (unpaired) electrons. The van der Waals surface area contributed by atoms with Gasteiger partial charge in [0.25, 0.3) is 0 Å². The summed E-state index contributed by atoms with van der Waals surface area (Å²) in [7, 11) is -4.68. The maximum atomic E-state index is 14.5. The van der Waals surface area contributed by atoms with E-state index in [9.17, 15) is 25.8 Å². The van der Waals surface area contributed by atoms with Gasteiger partial charge in [-0.05, 0) is 88.7 Å². The van der Waals surface area contributed by atoms with Crippen molar-refractivity contribution in [3.05, 3.63) is 24.0 Å². The van der Waals surface area contributed by atoms with Crippen LogP contribution in [0.4, 0.5) is 10.1 Å². The number of piperidine rings is 1. The molecule has 39 heavy (non-hydrogen) atoms. The number of nitrogens with zero attached hydrogens (tertiary/aromatic N) is 3. The number of benzene rings is 1. The molecule has 1 aliphatic heterocycles. The van der Waals surface area contributed by atoms with E-state index in [0.29, 0.717) is 37.5 Å². The van der Waals surface area contributed by atoms with Crippen molar-refractivity contribution in [2.24, 2.45) is 5.92 Å². The van der Waals surface area contributed by atoms with Gasteiger partial charge in [-0.2, -0.15) is 13.1 Å². The molecule has 3 rings (SSSR count). The highest BCUT2D eigenvalue weighted by Gasteiger charge is 2.26. The monoisotopic (exact) mass is 591 g/mol. The number of hydrogen-bond acceptors (Lipinski definition) is 7. The molecule has 1 saturated heterocycles. The van der Waals surface area contributed by atoms with E-state index >= 15 is 0 Å². The van der Waals surface area contributed by atoms with Crippen LogP contribution < -0.4 is 14.3 Å². The number of halogens is 1. The van der Waals surface area contributed by atoms with Gasteiger partial charge < -0.3 is 9.80 Å². The molecule has 1 saturated carbocycles. The normalized spacial score (nSPS) is 20.0. The average molecular weight is 592 g/mol. The summed E-state index contributed by atoms with van der Waals surface area (Å²) in [6, 6.07) is 4.11. The first kappa shape index (κ1) is 32.2. The van der Waals surface area contributed by atoms with Gasteiger partial charge >= 0.3 is 10.3 Å². The van der Waals surface area contributed by atoms with Crippen molar-refractivity contribution in [1.82, 2.24) is 19.2 Å². The second-order valence-corrected chi connectivity index (χ2v) is 14.0. The Kier molecular flexibility index (Phi) is 12.4. The van der Waals surface area contributed by atoms with Gasteiger partial charge in [0.2, 0.25) is 10.0 Å². The standard InChI is InChI=1S/C26H46FN5O5S2/c1-30(2)23-13-14-25(24(27)20-23)38(33,34)28-15-8-16-31(21-22-10-4-3-5-11-22)17-9-19-32-18-7-6-12-26(32)29-39(35,36)37/h13-14,20,22,26,28-29H,3-12,15-19,21H2,1-2H3,(H,35,36,37). The van der Waals surface area contributed by atoms with Crippen LogP contribution in [0.15, 0.2) is 23.1 Å². The van der Waals surface area contributed by atoms with Crippen LogP contribution in [0.25, 0.3) is 0 Å². The molecule has 0 amide bonds. The van der Waals surface area contributed by atoms with Crippen LogP contribution in [-0.2, 0) is 20.3 Å². The van der Waals surface area contributed by atoms with E-state index in [4.69, 9.17) is 0 Å². The summed E-state index contributed by atoms with van der Waals surface area (Å²) >= 11 is 0. The van der Waals surface area contributed by atoms with Gasteiger partial charge in [0.05, 0.1) is 6.17 Å². The predicted octanol–water partition coefficient (Wildman–Crippen LogP) is 3.04. The first-order valence-corrected chi connectivity index (χ1v) is 17.0. The fourth-order valence-corrected chi connectivity index (χ4v) is 7.41. The molecule has 1 unspecified atom stereocenters. The number of rotatable bonds is 15. The van der Waals surface area contributed by atoms with Crippen molar-refractivity contribution in [1.29, 1.82) is 0 Å². The summed E-state index contributed by atoms with van der Waals surface area (Å²) in [4.78, 5) is 5.83. The first-order valence-electron chi connectivity index (χ1n) is 14.1. The molecular weight excluding hydrogens is 545 g/mol. The van der Waals surface area contributed by atoms with Crippen molar-refractivity contribution in [3.8, 4) is 0 Å². The van der Waals surface area contributed by atoms with Crippen LogP contribution in [0.5, 0.6) is 0 Å². The molecule has 3 N–H and O–H groups in total. The van der Waals surface area contributed by atoms with Gasteiger partial charge in [-0.25, -0.2) is 17.5 Å². The van der Waals surface area contributed by atoms with Gasteiger partial charge in [-0.15, -0.1) is 0 Å². The average Bonchev–Trinajstić information content (AvgIpc) is 2.87. The minimum Gasteiger partial charge on any atom is -0.378 e. The van der Waals surface area contributed by atoms with Crippen LogP contribution >= 0.6 is 0 Å². The lowest BCUT2D eigenvalue weighted by atomic mass is 9.89. The van der Waals surface area contributed by atoms with Crippen molar-refractivity contribution in [2.45, 2.75) is 75.3 Å². The van der Waals surface area contributed by atoms with Crippen molar-refractivity contribution < 1.29 is 25.8 Å². The molecule has 13 heteroatoms. The topological polar surface area (TPSA) is 122 Å². The summed E-state index contributed by atoms with van der Waals surface area (Å²) in [5, 5.41) is 0. The fourth-order valence-electron chi connectivity index (χ4n) is 5.66. The Morgan fingerprint density at radius 1 is 1.00 bits per heavy atom. The number of sulfonamides is 1. The van der Waals surface area contributed by atoms with E-state index in [2.05, 4.69) is 19.2 Å². The highest BCUT2D eigenvalue weighted by Crippen LogP contribution is 2.25. The molecule has 1 aromatic rings. The van der Waals surface area contributed by atoms with Crippen molar-refractivity contribution in [3.63, 3.8) is 0 Å². The minimum absolute atomic E-state index is 0.213. The van der Waals surface area contributed by atoms with E-state index < -0.39 is 26.1 Å². The fraction of sp³-hybridized carbons (Fsp3) is 0.769. The zero-order valence-electron chi connectivity index (χ0n) is 23.3. The van der Waals surface area contributed by atoms with Crippen LogP contribution in [-0.4, -0.2) is 90.7 Å². The maximum absolute atomic E-state index is 14.5. The predicted molar refractivity (Wildman–Crippen MR) is 152 cm³/mol. The third kappa shape index (κ3) is 10.9. The minimum atomic E-state index is -4.26. The summed E-state index contributed by atoms with van der Waals surface area (Å²) < 4.78 is 76.8. The Balaban J connectivity index is 1.52. The van der Waals surface area contributed by atoms with Crippen LogP contribution in [0.3, 0.4) is 0 Å². The lowest BCUT2D eigenvalue weighted by molar-refractivity contribution is 0.123. The maximum Gasteiger partial charge on any atom is 0.334 e. The van der Waals surface area contributed by atoms with Crippen molar-refractivity contribution >= 4 is 26.0 Å². The zero-order valence-corrected chi connectivity index (χ0v) is 24.9. The van der Waals surface area contributed by atoms with E-state index in [1.165, 1.54) is 44.2 Å². The van der Waals surface area contributed by atoms with Crippen LogP contribution in [0, 0.1) is 11.7 Å². The summed E-state index contributed by atoms with van der Waals surface area (Å²) in [6.45, 7) is 4.20. The molecule has 1 heterocycles. The van der Waals surface area contributed by atoms with Gasteiger partial charge in [0.15, 0.2) is 0 Å². The molecule has 0 aromatic heterocycles. The summed E-state index contributed by atoms with van der Waals surface area (Å²) in [5.74, 6) is -0.143. The lowest BCUT2D eigenvalue weighted by Crippen LogP contribution is -2.51. The highest BCUT2D eigenvalue weighted by atomic mass is 32.2. The van der Waals surface area contributed by atoms with Gasteiger partial charge in [0, 0.05) is 39.4 Å². The SMILES string of the molecule is CN(C)c1ccc(S(=O)(=O)NCCCN(CCCN2CCCCC2NS(=O)(=O)O)CC2CCCCC2)c(F)c1. The largest absolute Gasteiger partial charge is 0.378 e. The van der Waals surface area contributed by atoms with E-state index in [0.717, 1.165) is 38.9 Å². The highest BCUT2D eigenvalue weighted by molar-refractivity contribution is 7.89. The Hall–Kier alpha value is -1.35. The Morgan fingerprint density at radius 3 is 2.36 bits per heavy atom. The molecule has 0 spiro atoms. The second-order valence-electron chi connectivity index (χ2n) is 11.1. The van der Waals surface area contributed by atoms with E-state index in [1.807, 2.05) is 0 Å². The molecule has 0 bridgehead atoms. The third-order valence-electron chi connectivity index (χ3n) is 7.72. The molecular formula is C26H46FN5O5S2. The molecule has 1 aliphatic carbocycles. The lowest BCUT2D eigenvalue weighted by Gasteiger charge is -2.36. The van der Waals surface area contributed by atoms with E-state index in [-0.39, 0.29) is 17.6 Å². The van der Waals surface area contributed by atoms with E-state index in [1.54, 1.807) is 25.1 Å². The molecule has 2 aliphatic rings. The quantitative estimate of drug-likeness (QED) is 0.210. The Bertz CT molecular complexity index is 1110. The summed E-state index contributed by atoms with van der Waals surface area (Å²) in [5.41, 5.74) is 0.592. The number of anilines is 1. The molecule has 1 aromatic carbocycles. The number of nitrogens with one attached hydrogen (secondary N) is 2. The van der Waals surface area contributed by atoms with Crippen LogP contribution in [0.1, 0.15) is 64.2 Å². The molecule has 2 fully saturated rings. The zero-order chi connectivity index (χ0) is 28.5. The smallest absolute Gasteiger partial charge is 0.334 e. The third-order valence-corrected chi connectivity index (χ3v) is 9.79. The Labute approximate surface area is 234 Å². The van der Waals surface area contributed by atoms with Crippen LogP contribution in [0.2, 0.25) is 0 Å². The number of likely N-dealkylation sites (tertiary alicyclic amines) is 1. The van der Waals surface area contributed by atoms with Gasteiger partial charge in [0.1, 0.15) is 10.7 Å². The second kappa shape index (κ2) is 15.0. The molecule has 224 valence electrons. The molecule has 1 atom stereocenters. The first-order chi connectivity index (χ1) is 18.4. The van der Waals surface area contributed by atoms with Gasteiger partial charge in [-0.3, -0.25) is 9.45 Å². The van der Waals surface area contributed by atoms with Gasteiger partial charge in [-0.1, -0.05) is 19.3 Å².